The van der Waals surface area contributed by atoms with Crippen molar-refractivity contribution in [2.75, 3.05) is 6.54 Å². The first kappa shape index (κ1) is 15.5. The highest BCUT2D eigenvalue weighted by atomic mass is 19.1. The Hall–Kier alpha value is -1.42. The number of nitrogens with one attached hydrogen (secondary N) is 1. The summed E-state index contributed by atoms with van der Waals surface area (Å²) in [5.74, 6) is -0.0581. The van der Waals surface area contributed by atoms with E-state index in [1.54, 1.807) is 12.1 Å². The average Bonchev–Trinajstić information content (AvgIpc) is 3.31. The molecule has 2 saturated carbocycles. The van der Waals surface area contributed by atoms with Crippen LogP contribution in [0.25, 0.3) is 0 Å². The first-order valence-electron chi connectivity index (χ1n) is 8.33. The lowest BCUT2D eigenvalue weighted by molar-refractivity contribution is -0.123. The smallest absolute Gasteiger partial charge is 0.223 e. The van der Waals surface area contributed by atoms with Gasteiger partial charge in [0.15, 0.2) is 0 Å². The Morgan fingerprint density at radius 2 is 1.82 bits per heavy atom. The molecule has 2 aliphatic carbocycles. The molecule has 3 nitrogen and oxygen atoms in total. The van der Waals surface area contributed by atoms with Crippen LogP contribution in [0, 0.1) is 11.7 Å². The number of carbonyl (C=O) groups excluding carboxylic acids is 1. The van der Waals surface area contributed by atoms with Crippen molar-refractivity contribution in [2.24, 2.45) is 5.92 Å². The SMILES string of the molecule is O=C(NCC1(O)CCCCCC1)C1CC1c1ccc(F)cc1. The molecule has 2 N–H and O–H groups in total. The molecule has 2 aliphatic rings. The fraction of sp³-hybridized carbons (Fsp3) is 0.611. The molecule has 0 heterocycles. The molecule has 2 fully saturated rings. The van der Waals surface area contributed by atoms with Gasteiger partial charge in [0.25, 0.3) is 0 Å². The van der Waals surface area contributed by atoms with Crippen LogP contribution >= 0.6 is 0 Å². The second-order valence-corrected chi connectivity index (χ2v) is 6.86. The Morgan fingerprint density at radius 3 is 2.45 bits per heavy atom. The van der Waals surface area contributed by atoms with Crippen LogP contribution in [0.2, 0.25) is 0 Å². The zero-order valence-electron chi connectivity index (χ0n) is 12.9. The van der Waals surface area contributed by atoms with Gasteiger partial charge in [0.1, 0.15) is 5.82 Å². The predicted octanol–water partition coefficient (Wildman–Crippen LogP) is 3.13. The second-order valence-electron chi connectivity index (χ2n) is 6.86. The fourth-order valence-electron chi connectivity index (χ4n) is 3.51. The Labute approximate surface area is 130 Å². The monoisotopic (exact) mass is 305 g/mol. The van der Waals surface area contributed by atoms with E-state index in [1.807, 2.05) is 0 Å². The maximum Gasteiger partial charge on any atom is 0.223 e. The van der Waals surface area contributed by atoms with Gasteiger partial charge in [-0.25, -0.2) is 4.39 Å². The Kier molecular flexibility index (Phi) is 4.48. The lowest BCUT2D eigenvalue weighted by Gasteiger charge is -2.26. The van der Waals surface area contributed by atoms with E-state index in [-0.39, 0.29) is 23.6 Å². The van der Waals surface area contributed by atoms with Gasteiger partial charge in [-0.2, -0.15) is 0 Å². The van der Waals surface area contributed by atoms with E-state index >= 15 is 0 Å². The van der Waals surface area contributed by atoms with Gasteiger partial charge in [-0.15, -0.1) is 0 Å². The van der Waals surface area contributed by atoms with Crippen LogP contribution in [0.1, 0.15) is 56.4 Å². The van der Waals surface area contributed by atoms with Gasteiger partial charge in [0.05, 0.1) is 5.60 Å². The largest absolute Gasteiger partial charge is 0.388 e. The summed E-state index contributed by atoms with van der Waals surface area (Å²) >= 11 is 0. The summed E-state index contributed by atoms with van der Waals surface area (Å²) in [6.07, 6.45) is 6.79. The van der Waals surface area contributed by atoms with Gasteiger partial charge in [-0.05, 0) is 42.9 Å². The number of carbonyl (C=O) groups is 1. The van der Waals surface area contributed by atoms with E-state index in [0.29, 0.717) is 6.54 Å². The van der Waals surface area contributed by atoms with Crippen molar-refractivity contribution in [1.29, 1.82) is 0 Å². The third-order valence-electron chi connectivity index (χ3n) is 5.05. The van der Waals surface area contributed by atoms with Crippen LogP contribution in [0.15, 0.2) is 24.3 Å². The molecule has 0 aromatic heterocycles. The molecule has 0 spiro atoms. The van der Waals surface area contributed by atoms with Gasteiger partial charge in [0, 0.05) is 12.5 Å². The van der Waals surface area contributed by atoms with Crippen LogP contribution in [0.5, 0.6) is 0 Å². The van der Waals surface area contributed by atoms with Crippen molar-refractivity contribution in [3.63, 3.8) is 0 Å². The first-order valence-corrected chi connectivity index (χ1v) is 8.33. The zero-order valence-corrected chi connectivity index (χ0v) is 12.9. The number of aliphatic hydroxyl groups is 1. The van der Waals surface area contributed by atoms with Gasteiger partial charge in [-0.1, -0.05) is 37.8 Å². The number of hydrogen-bond donors (Lipinski definition) is 2. The molecule has 2 atom stereocenters. The zero-order chi connectivity index (χ0) is 15.6. The number of amides is 1. The van der Waals surface area contributed by atoms with Crippen LogP contribution in [0.4, 0.5) is 4.39 Å². The highest BCUT2D eigenvalue weighted by molar-refractivity contribution is 5.82. The van der Waals surface area contributed by atoms with Crippen LogP contribution < -0.4 is 5.32 Å². The minimum atomic E-state index is -0.730. The molecule has 3 rings (SSSR count). The normalized spacial score (nSPS) is 27.0. The fourth-order valence-corrected chi connectivity index (χ4v) is 3.51. The molecule has 120 valence electrons. The average molecular weight is 305 g/mol. The highest BCUT2D eigenvalue weighted by Gasteiger charge is 2.44. The third-order valence-corrected chi connectivity index (χ3v) is 5.05. The lowest BCUT2D eigenvalue weighted by Crippen LogP contribution is -2.43. The number of halogens is 1. The summed E-state index contributed by atoms with van der Waals surface area (Å²) in [7, 11) is 0. The summed E-state index contributed by atoms with van der Waals surface area (Å²) in [4.78, 5) is 12.2. The minimum Gasteiger partial charge on any atom is -0.388 e. The summed E-state index contributed by atoms with van der Waals surface area (Å²) < 4.78 is 12.9. The summed E-state index contributed by atoms with van der Waals surface area (Å²) in [6.45, 7) is 0.360. The van der Waals surface area contributed by atoms with Gasteiger partial charge in [0.2, 0.25) is 5.91 Å². The van der Waals surface area contributed by atoms with Crippen molar-refractivity contribution in [1.82, 2.24) is 5.32 Å². The topological polar surface area (TPSA) is 49.3 Å². The molecule has 1 amide bonds. The van der Waals surface area contributed by atoms with Crippen LogP contribution in [-0.4, -0.2) is 23.2 Å². The summed E-state index contributed by atoms with van der Waals surface area (Å²) in [5, 5.41) is 13.5. The number of rotatable bonds is 4. The molecule has 4 heteroatoms. The molecule has 2 unspecified atom stereocenters. The standard InChI is InChI=1S/C18H24FNO2/c19-14-7-5-13(6-8-14)15-11-16(15)17(21)20-12-18(22)9-3-1-2-4-10-18/h5-8,15-16,22H,1-4,9-12H2,(H,20,21). The van der Waals surface area contributed by atoms with E-state index in [9.17, 15) is 14.3 Å². The first-order chi connectivity index (χ1) is 10.6. The van der Waals surface area contributed by atoms with Crippen molar-refractivity contribution >= 4 is 5.91 Å². The predicted molar refractivity (Wildman–Crippen MR) is 82.9 cm³/mol. The maximum absolute atomic E-state index is 12.9. The van der Waals surface area contributed by atoms with Crippen LogP contribution in [0.3, 0.4) is 0 Å². The summed E-state index contributed by atoms with van der Waals surface area (Å²) in [6, 6.07) is 6.39. The lowest BCUT2D eigenvalue weighted by atomic mass is 9.94. The van der Waals surface area contributed by atoms with Crippen molar-refractivity contribution < 1.29 is 14.3 Å². The van der Waals surface area contributed by atoms with Gasteiger partial charge in [-0.3, -0.25) is 4.79 Å². The van der Waals surface area contributed by atoms with E-state index in [2.05, 4.69) is 5.32 Å². The molecular formula is C18H24FNO2. The van der Waals surface area contributed by atoms with E-state index in [4.69, 9.17) is 0 Å². The van der Waals surface area contributed by atoms with Gasteiger partial charge < -0.3 is 10.4 Å². The molecule has 1 aromatic carbocycles. The Bertz CT molecular complexity index is 520. The third kappa shape index (κ3) is 3.67. The number of hydrogen-bond acceptors (Lipinski definition) is 2. The quantitative estimate of drug-likeness (QED) is 0.840. The van der Waals surface area contributed by atoms with Crippen molar-refractivity contribution in [2.45, 2.75) is 56.5 Å². The van der Waals surface area contributed by atoms with Gasteiger partial charge >= 0.3 is 0 Å². The maximum atomic E-state index is 12.9. The molecular weight excluding hydrogens is 281 g/mol. The molecule has 0 aliphatic heterocycles. The Morgan fingerprint density at radius 1 is 1.18 bits per heavy atom. The molecule has 0 radical (unpaired) electrons. The molecule has 0 bridgehead atoms. The van der Waals surface area contributed by atoms with Crippen molar-refractivity contribution in [3.8, 4) is 0 Å². The molecule has 22 heavy (non-hydrogen) atoms. The number of benzene rings is 1. The Balaban J connectivity index is 1.50. The highest BCUT2D eigenvalue weighted by Crippen LogP contribution is 2.47. The molecule has 1 aromatic rings. The summed E-state index contributed by atoms with van der Waals surface area (Å²) in [5.41, 5.74) is 0.293. The van der Waals surface area contributed by atoms with E-state index in [1.165, 1.54) is 25.0 Å². The van der Waals surface area contributed by atoms with Crippen LogP contribution in [-0.2, 0) is 4.79 Å². The minimum absolute atomic E-state index is 0.0204. The second kappa shape index (κ2) is 6.37. The molecule has 0 saturated heterocycles. The van der Waals surface area contributed by atoms with Crippen molar-refractivity contribution in [3.05, 3.63) is 35.6 Å². The van der Waals surface area contributed by atoms with E-state index < -0.39 is 5.60 Å². The van der Waals surface area contributed by atoms with E-state index in [0.717, 1.165) is 37.7 Å².